The zero-order chi connectivity index (χ0) is 36.9. The van der Waals surface area contributed by atoms with Crippen LogP contribution in [0.25, 0.3) is 11.1 Å². The first kappa shape index (κ1) is 35.9. The van der Waals surface area contributed by atoms with Crippen LogP contribution in [0.2, 0.25) is 10.0 Å². The highest BCUT2D eigenvalue weighted by Gasteiger charge is 2.31. The van der Waals surface area contributed by atoms with Gasteiger partial charge in [0, 0.05) is 13.0 Å². The molecule has 0 fully saturated rings. The normalized spacial score (nSPS) is 16.4. The molecule has 0 saturated carbocycles. The number of benzene rings is 5. The number of ether oxygens (including phenoxy) is 3. The second-order valence-corrected chi connectivity index (χ2v) is 13.8. The number of carbonyl (C=O) groups excluding carboxylic acids is 2. The predicted octanol–water partition coefficient (Wildman–Crippen LogP) is 7.57. The van der Waals surface area contributed by atoms with E-state index in [9.17, 15) is 9.59 Å². The van der Waals surface area contributed by atoms with Crippen LogP contribution in [0.5, 0.6) is 11.5 Å². The molecule has 268 valence electrons. The maximum atomic E-state index is 13.5. The fraction of sp³-hybridized carbons (Fsp3) is 0.214. The molecule has 5 aromatic carbocycles. The lowest BCUT2D eigenvalue weighted by atomic mass is 9.93. The number of anilines is 1. The van der Waals surface area contributed by atoms with Crippen molar-refractivity contribution in [2.75, 3.05) is 19.0 Å². The minimum absolute atomic E-state index is 0.192. The number of hydrogen-bond acceptors (Lipinski definition) is 8. The summed E-state index contributed by atoms with van der Waals surface area (Å²) in [4.78, 5) is 26.3. The largest absolute Gasteiger partial charge is 0.489 e. The van der Waals surface area contributed by atoms with E-state index in [-0.39, 0.29) is 18.4 Å². The SMILES string of the molecule is COC(=O)[C@H](Cc1ccc(-c2ccc(C#N)cc2)cc1)NC(=O)C1Cc2cc3c(cc2CN1)OC(c1ccc(OCc2ccc(Cl)c(Cl)c2)cc1)CN3. The van der Waals surface area contributed by atoms with Crippen molar-refractivity contribution in [3.63, 3.8) is 0 Å². The van der Waals surface area contributed by atoms with Crippen molar-refractivity contribution in [2.45, 2.75) is 44.2 Å². The van der Waals surface area contributed by atoms with E-state index in [4.69, 9.17) is 42.7 Å². The summed E-state index contributed by atoms with van der Waals surface area (Å²) in [6.45, 7) is 1.42. The van der Waals surface area contributed by atoms with Crippen LogP contribution in [-0.2, 0) is 40.3 Å². The van der Waals surface area contributed by atoms with Crippen LogP contribution >= 0.6 is 23.2 Å². The van der Waals surface area contributed by atoms with Gasteiger partial charge in [0.05, 0.1) is 47.1 Å². The minimum atomic E-state index is -0.852. The van der Waals surface area contributed by atoms with Gasteiger partial charge in [-0.1, -0.05) is 77.8 Å². The molecule has 3 N–H and O–H groups in total. The van der Waals surface area contributed by atoms with Crippen molar-refractivity contribution in [3.8, 4) is 28.7 Å². The molecular weight excluding hydrogens is 711 g/mol. The third-order valence-electron chi connectivity index (χ3n) is 9.51. The van der Waals surface area contributed by atoms with E-state index in [0.29, 0.717) is 41.7 Å². The standard InChI is InChI=1S/C42H36Cl2N4O5/c1-51-42(50)38(17-25-2-7-28(8-3-25)29-9-4-26(21-45)5-10-29)48-41(49)37-19-31-18-36-39(20-32(31)22-46-37)53-40(23-47-36)30-11-13-33(14-12-30)52-24-27-6-15-34(43)35(44)16-27/h2-16,18,20,37-38,40,46-47H,17,19,22-24H2,1H3,(H,48,49)/t37?,38-,40?/m0/s1. The summed E-state index contributed by atoms with van der Waals surface area (Å²) in [5.74, 6) is 0.698. The highest BCUT2D eigenvalue weighted by atomic mass is 35.5. The van der Waals surface area contributed by atoms with Crippen molar-refractivity contribution < 1.29 is 23.8 Å². The van der Waals surface area contributed by atoms with Gasteiger partial charge in [-0.05, 0) is 93.9 Å². The molecule has 2 unspecified atom stereocenters. The van der Waals surface area contributed by atoms with Crippen LogP contribution in [0, 0.1) is 11.3 Å². The number of nitrogens with one attached hydrogen (secondary N) is 3. The van der Waals surface area contributed by atoms with Crippen LogP contribution in [-0.4, -0.2) is 37.6 Å². The molecule has 3 atom stereocenters. The van der Waals surface area contributed by atoms with Crippen molar-refractivity contribution in [3.05, 3.63) is 147 Å². The van der Waals surface area contributed by atoms with Gasteiger partial charge in [-0.3, -0.25) is 4.79 Å². The Bertz CT molecular complexity index is 2170. The maximum absolute atomic E-state index is 13.5. The molecule has 53 heavy (non-hydrogen) atoms. The van der Waals surface area contributed by atoms with E-state index in [2.05, 4.69) is 28.1 Å². The van der Waals surface area contributed by atoms with E-state index in [0.717, 1.165) is 56.1 Å². The van der Waals surface area contributed by atoms with Gasteiger partial charge in [0.1, 0.15) is 30.3 Å². The summed E-state index contributed by atoms with van der Waals surface area (Å²) in [6, 6.07) is 33.2. The van der Waals surface area contributed by atoms with Gasteiger partial charge < -0.3 is 30.2 Å². The lowest BCUT2D eigenvalue weighted by Crippen LogP contribution is -2.53. The van der Waals surface area contributed by atoms with Crippen LogP contribution in [0.15, 0.2) is 103 Å². The summed E-state index contributed by atoms with van der Waals surface area (Å²) in [7, 11) is 1.32. The Morgan fingerprint density at radius 1 is 0.906 bits per heavy atom. The molecule has 0 radical (unpaired) electrons. The summed E-state index contributed by atoms with van der Waals surface area (Å²) in [6.07, 6.45) is 0.540. The Hall–Kier alpha value is -5.53. The highest BCUT2D eigenvalue weighted by Crippen LogP contribution is 2.38. The molecule has 0 aliphatic carbocycles. The van der Waals surface area contributed by atoms with E-state index >= 15 is 0 Å². The number of rotatable bonds is 10. The number of fused-ring (bicyclic) bond motifs is 2. The fourth-order valence-electron chi connectivity index (χ4n) is 6.54. The molecule has 9 nitrogen and oxygen atoms in total. The Morgan fingerprint density at radius 2 is 1.62 bits per heavy atom. The predicted molar refractivity (Wildman–Crippen MR) is 204 cm³/mol. The second kappa shape index (κ2) is 16.0. The van der Waals surface area contributed by atoms with Crippen molar-refractivity contribution in [1.29, 1.82) is 5.26 Å². The van der Waals surface area contributed by atoms with Gasteiger partial charge in [0.25, 0.3) is 0 Å². The quantitative estimate of drug-likeness (QED) is 0.125. The highest BCUT2D eigenvalue weighted by molar-refractivity contribution is 6.42. The third-order valence-corrected chi connectivity index (χ3v) is 10.3. The smallest absolute Gasteiger partial charge is 0.328 e. The molecule has 0 saturated heterocycles. The average molecular weight is 748 g/mol. The molecule has 0 aromatic heterocycles. The second-order valence-electron chi connectivity index (χ2n) is 13.0. The van der Waals surface area contributed by atoms with Gasteiger partial charge in [0.2, 0.25) is 5.91 Å². The summed E-state index contributed by atoms with van der Waals surface area (Å²) in [5, 5.41) is 19.8. The maximum Gasteiger partial charge on any atom is 0.328 e. The number of carbonyl (C=O) groups is 2. The van der Waals surface area contributed by atoms with Crippen LogP contribution in [0.1, 0.15) is 39.5 Å². The van der Waals surface area contributed by atoms with Crippen LogP contribution in [0.4, 0.5) is 5.69 Å². The molecule has 2 aliphatic rings. The first-order chi connectivity index (χ1) is 25.8. The lowest BCUT2D eigenvalue weighted by molar-refractivity contribution is -0.145. The zero-order valence-electron chi connectivity index (χ0n) is 28.8. The first-order valence-corrected chi connectivity index (χ1v) is 18.0. The summed E-state index contributed by atoms with van der Waals surface area (Å²) < 4.78 is 17.4. The van der Waals surface area contributed by atoms with Gasteiger partial charge in [-0.15, -0.1) is 0 Å². The van der Waals surface area contributed by atoms with Crippen LogP contribution < -0.4 is 25.4 Å². The average Bonchev–Trinajstić information content (AvgIpc) is 3.20. The molecule has 5 aromatic rings. The Kier molecular flexibility index (Phi) is 10.8. The molecule has 0 spiro atoms. The molecule has 2 aliphatic heterocycles. The first-order valence-electron chi connectivity index (χ1n) is 17.2. The van der Waals surface area contributed by atoms with Crippen LogP contribution in [0.3, 0.4) is 0 Å². The molecule has 2 heterocycles. The number of esters is 1. The lowest BCUT2D eigenvalue weighted by Gasteiger charge is -2.32. The Balaban J connectivity index is 0.949. The molecular formula is C42H36Cl2N4O5. The van der Waals surface area contributed by atoms with Gasteiger partial charge >= 0.3 is 5.97 Å². The molecule has 1 amide bonds. The Morgan fingerprint density at radius 3 is 2.32 bits per heavy atom. The van der Waals surface area contributed by atoms with E-state index < -0.39 is 18.1 Å². The number of methoxy groups -OCH3 is 1. The van der Waals surface area contributed by atoms with Crippen molar-refractivity contribution in [2.24, 2.45) is 0 Å². The minimum Gasteiger partial charge on any atom is -0.489 e. The number of nitrogens with zero attached hydrogens (tertiary/aromatic N) is 1. The fourth-order valence-corrected chi connectivity index (χ4v) is 6.86. The van der Waals surface area contributed by atoms with Crippen molar-refractivity contribution >= 4 is 40.8 Å². The monoisotopic (exact) mass is 746 g/mol. The van der Waals surface area contributed by atoms with Gasteiger partial charge in [-0.2, -0.15) is 5.26 Å². The van der Waals surface area contributed by atoms with Crippen molar-refractivity contribution in [1.82, 2.24) is 10.6 Å². The Labute approximate surface area is 317 Å². The number of amides is 1. The van der Waals surface area contributed by atoms with E-state index in [1.165, 1.54) is 7.11 Å². The third kappa shape index (κ3) is 8.42. The van der Waals surface area contributed by atoms with Gasteiger partial charge in [0.15, 0.2) is 0 Å². The molecule has 7 rings (SSSR count). The number of halogens is 2. The van der Waals surface area contributed by atoms with Gasteiger partial charge in [-0.25, -0.2) is 4.79 Å². The number of hydrogen-bond donors (Lipinski definition) is 3. The number of nitriles is 1. The molecule has 11 heteroatoms. The molecule has 0 bridgehead atoms. The topological polar surface area (TPSA) is 122 Å². The zero-order valence-corrected chi connectivity index (χ0v) is 30.3. The van der Waals surface area contributed by atoms with E-state index in [1.54, 1.807) is 24.3 Å². The van der Waals surface area contributed by atoms with E-state index in [1.807, 2.05) is 72.8 Å². The summed E-state index contributed by atoms with van der Waals surface area (Å²) in [5.41, 5.74) is 8.34. The summed E-state index contributed by atoms with van der Waals surface area (Å²) >= 11 is 12.1.